The fraction of sp³-hybridized carbons (Fsp3) is 0.190. The third kappa shape index (κ3) is 4.19. The Hall–Kier alpha value is -2.90. The second-order valence-electron chi connectivity index (χ2n) is 5.54. The van der Waals surface area contributed by atoms with Gasteiger partial charge in [0.15, 0.2) is 11.5 Å². The summed E-state index contributed by atoms with van der Waals surface area (Å²) >= 11 is 6.21. The molecule has 0 bridgehead atoms. The first-order chi connectivity index (χ1) is 12.7. The quantitative estimate of drug-likeness (QED) is 0.537. The van der Waals surface area contributed by atoms with Gasteiger partial charge in [-0.15, -0.1) is 0 Å². The maximum atomic E-state index is 9.04. The van der Waals surface area contributed by atoms with Crippen LogP contribution in [0.15, 0.2) is 54.6 Å². The predicted octanol–water partition coefficient (Wildman–Crippen LogP) is 5.22. The zero-order valence-corrected chi connectivity index (χ0v) is 15.1. The Morgan fingerprint density at radius 3 is 2.46 bits per heavy atom. The summed E-state index contributed by atoms with van der Waals surface area (Å²) in [4.78, 5) is 0. The minimum Gasteiger partial charge on any atom is -0.490 e. The average Bonchev–Trinajstić information content (AvgIpc) is 2.66. The van der Waals surface area contributed by atoms with Crippen LogP contribution in [0, 0.1) is 11.3 Å². The van der Waals surface area contributed by atoms with E-state index in [4.69, 9.17) is 31.1 Å². The van der Waals surface area contributed by atoms with E-state index in [0.717, 1.165) is 11.1 Å². The highest BCUT2D eigenvalue weighted by molar-refractivity contribution is 6.32. The summed E-state index contributed by atoms with van der Waals surface area (Å²) in [5.74, 6) is 1.67. The van der Waals surface area contributed by atoms with Crippen LogP contribution >= 0.6 is 11.6 Å². The Labute approximate surface area is 157 Å². The highest BCUT2D eigenvalue weighted by atomic mass is 35.5. The molecule has 0 saturated carbocycles. The lowest BCUT2D eigenvalue weighted by Gasteiger charge is -2.14. The van der Waals surface area contributed by atoms with E-state index in [1.807, 2.05) is 43.3 Å². The van der Waals surface area contributed by atoms with Crippen LogP contribution in [0.25, 0.3) is 10.8 Å². The number of benzene rings is 3. The van der Waals surface area contributed by atoms with Gasteiger partial charge in [0.1, 0.15) is 19.0 Å². The molecule has 0 atom stereocenters. The second-order valence-corrected chi connectivity index (χ2v) is 5.94. The summed E-state index contributed by atoms with van der Waals surface area (Å²) in [6, 6.07) is 19.3. The number of hydrogen-bond donors (Lipinski definition) is 0. The molecule has 0 N–H and O–H groups in total. The topological polar surface area (TPSA) is 51.5 Å². The standard InChI is InChI=1S/C21H18ClNO3/c1-2-24-20-12-15(14-23)11-19(22)21(20)26-10-9-25-18-8-7-16-5-3-4-6-17(16)13-18/h3-8,11-13H,2,9-10H2,1H3. The van der Waals surface area contributed by atoms with Crippen LogP contribution in [0.4, 0.5) is 0 Å². The third-order valence-corrected chi connectivity index (χ3v) is 4.04. The number of nitriles is 1. The number of rotatable bonds is 7. The molecule has 3 aromatic rings. The Bertz CT molecular complexity index is 950. The first kappa shape index (κ1) is 17.9. The molecule has 0 saturated heterocycles. The number of fused-ring (bicyclic) bond motifs is 1. The molecule has 132 valence electrons. The Kier molecular flexibility index (Phi) is 5.83. The van der Waals surface area contributed by atoms with E-state index in [0.29, 0.717) is 41.9 Å². The fourth-order valence-corrected chi connectivity index (χ4v) is 2.86. The van der Waals surface area contributed by atoms with Gasteiger partial charge in [-0.2, -0.15) is 5.26 Å². The van der Waals surface area contributed by atoms with Crippen molar-refractivity contribution in [2.45, 2.75) is 6.92 Å². The maximum Gasteiger partial charge on any atom is 0.179 e. The van der Waals surface area contributed by atoms with Gasteiger partial charge in [-0.1, -0.05) is 41.9 Å². The van der Waals surface area contributed by atoms with E-state index < -0.39 is 0 Å². The van der Waals surface area contributed by atoms with Crippen LogP contribution < -0.4 is 14.2 Å². The number of nitrogens with zero attached hydrogens (tertiary/aromatic N) is 1. The van der Waals surface area contributed by atoms with Crippen molar-refractivity contribution >= 4 is 22.4 Å². The molecule has 0 aromatic heterocycles. The lowest BCUT2D eigenvalue weighted by atomic mass is 10.1. The molecule has 4 nitrogen and oxygen atoms in total. The Morgan fingerprint density at radius 2 is 1.69 bits per heavy atom. The van der Waals surface area contributed by atoms with Crippen molar-refractivity contribution in [3.8, 4) is 23.3 Å². The molecule has 0 amide bonds. The lowest BCUT2D eigenvalue weighted by molar-refractivity contribution is 0.208. The van der Waals surface area contributed by atoms with Gasteiger partial charge in [-0.3, -0.25) is 0 Å². The van der Waals surface area contributed by atoms with Crippen LogP contribution in [-0.4, -0.2) is 19.8 Å². The Balaban J connectivity index is 1.63. The van der Waals surface area contributed by atoms with Crippen molar-refractivity contribution in [3.05, 3.63) is 65.2 Å². The summed E-state index contributed by atoms with van der Waals surface area (Å²) in [6.07, 6.45) is 0. The largest absolute Gasteiger partial charge is 0.490 e. The van der Waals surface area contributed by atoms with Gasteiger partial charge in [-0.25, -0.2) is 0 Å². The van der Waals surface area contributed by atoms with Gasteiger partial charge in [0, 0.05) is 6.07 Å². The first-order valence-electron chi connectivity index (χ1n) is 8.32. The van der Waals surface area contributed by atoms with Gasteiger partial charge in [0.05, 0.1) is 23.3 Å². The van der Waals surface area contributed by atoms with Gasteiger partial charge < -0.3 is 14.2 Å². The summed E-state index contributed by atoms with van der Waals surface area (Å²) in [6.45, 7) is 2.98. The highest BCUT2D eigenvalue weighted by Gasteiger charge is 2.12. The average molecular weight is 368 g/mol. The number of ether oxygens (including phenoxy) is 3. The van der Waals surface area contributed by atoms with Crippen molar-refractivity contribution in [2.75, 3.05) is 19.8 Å². The SMILES string of the molecule is CCOc1cc(C#N)cc(Cl)c1OCCOc1ccc2ccccc2c1. The van der Waals surface area contributed by atoms with E-state index in [9.17, 15) is 0 Å². The monoisotopic (exact) mass is 367 g/mol. The maximum absolute atomic E-state index is 9.04. The molecule has 0 aliphatic rings. The Morgan fingerprint density at radius 1 is 0.923 bits per heavy atom. The smallest absolute Gasteiger partial charge is 0.179 e. The number of halogens is 1. The van der Waals surface area contributed by atoms with Crippen molar-refractivity contribution in [2.24, 2.45) is 0 Å². The molecule has 5 heteroatoms. The van der Waals surface area contributed by atoms with Crippen LogP contribution in [0.5, 0.6) is 17.2 Å². The van der Waals surface area contributed by atoms with Gasteiger partial charge >= 0.3 is 0 Å². The molecule has 0 heterocycles. The van der Waals surface area contributed by atoms with Crippen molar-refractivity contribution in [1.29, 1.82) is 5.26 Å². The van der Waals surface area contributed by atoms with E-state index in [2.05, 4.69) is 12.1 Å². The summed E-state index contributed by atoms with van der Waals surface area (Å²) in [5, 5.41) is 11.7. The summed E-state index contributed by atoms with van der Waals surface area (Å²) in [7, 11) is 0. The molecule has 3 rings (SSSR count). The van der Waals surface area contributed by atoms with Crippen LogP contribution in [0.1, 0.15) is 12.5 Å². The molecule has 0 spiro atoms. The van der Waals surface area contributed by atoms with Crippen molar-refractivity contribution in [1.82, 2.24) is 0 Å². The minimum atomic E-state index is 0.304. The van der Waals surface area contributed by atoms with E-state index in [1.165, 1.54) is 5.39 Å². The first-order valence-corrected chi connectivity index (χ1v) is 8.70. The van der Waals surface area contributed by atoms with E-state index >= 15 is 0 Å². The number of hydrogen-bond acceptors (Lipinski definition) is 4. The van der Waals surface area contributed by atoms with Crippen molar-refractivity contribution in [3.63, 3.8) is 0 Å². The zero-order chi connectivity index (χ0) is 18.4. The fourth-order valence-electron chi connectivity index (χ4n) is 2.60. The zero-order valence-electron chi connectivity index (χ0n) is 14.4. The molecule has 26 heavy (non-hydrogen) atoms. The van der Waals surface area contributed by atoms with E-state index in [1.54, 1.807) is 12.1 Å². The highest BCUT2D eigenvalue weighted by Crippen LogP contribution is 2.36. The summed E-state index contributed by atoms with van der Waals surface area (Å²) < 4.78 is 17.0. The second kappa shape index (κ2) is 8.46. The summed E-state index contributed by atoms with van der Waals surface area (Å²) in [5.41, 5.74) is 0.429. The van der Waals surface area contributed by atoms with Crippen LogP contribution in [0.2, 0.25) is 5.02 Å². The molecular weight excluding hydrogens is 350 g/mol. The minimum absolute atomic E-state index is 0.304. The van der Waals surface area contributed by atoms with E-state index in [-0.39, 0.29) is 0 Å². The molecular formula is C21H18ClNO3. The third-order valence-electron chi connectivity index (χ3n) is 3.76. The van der Waals surface area contributed by atoms with Crippen LogP contribution in [0.3, 0.4) is 0 Å². The van der Waals surface area contributed by atoms with Crippen molar-refractivity contribution < 1.29 is 14.2 Å². The molecule has 3 aromatic carbocycles. The van der Waals surface area contributed by atoms with Gasteiger partial charge in [-0.05, 0) is 35.9 Å². The predicted molar refractivity (Wildman–Crippen MR) is 102 cm³/mol. The normalized spacial score (nSPS) is 10.3. The lowest BCUT2D eigenvalue weighted by Crippen LogP contribution is -2.10. The molecule has 0 aliphatic heterocycles. The molecule has 0 aliphatic carbocycles. The molecule has 0 unspecified atom stereocenters. The van der Waals surface area contributed by atoms with Gasteiger partial charge in [0.2, 0.25) is 0 Å². The molecule has 0 radical (unpaired) electrons. The van der Waals surface area contributed by atoms with Crippen LogP contribution in [-0.2, 0) is 0 Å². The molecule has 0 fully saturated rings. The van der Waals surface area contributed by atoms with Gasteiger partial charge in [0.25, 0.3) is 0 Å².